The summed E-state index contributed by atoms with van der Waals surface area (Å²) in [4.78, 5) is 32.2. The Hall–Kier alpha value is -3.90. The first kappa shape index (κ1) is 18.1. The van der Waals surface area contributed by atoms with Crippen molar-refractivity contribution in [2.45, 2.75) is 0 Å². The van der Waals surface area contributed by atoms with E-state index in [-0.39, 0.29) is 10.9 Å². The van der Waals surface area contributed by atoms with Crippen LogP contribution in [0.25, 0.3) is 43.3 Å². The maximum atomic E-state index is 11.2. The Labute approximate surface area is 174 Å². The SMILES string of the molecule is O=c1ccc2nc3ccccc3oc-2c1.O=c1ccc2nc3ccccc3sc-2c1. The zero-order chi connectivity index (χ0) is 20.5. The number of rotatable bonds is 0. The Bertz CT molecular complexity index is 1440. The fourth-order valence-corrected chi connectivity index (χ4v) is 4.10. The lowest BCUT2D eigenvalue weighted by atomic mass is 10.2. The molecule has 5 nitrogen and oxygen atoms in total. The molecule has 4 aliphatic rings. The Kier molecular flexibility index (Phi) is 4.53. The maximum Gasteiger partial charge on any atom is 0.182 e. The summed E-state index contributed by atoms with van der Waals surface area (Å²) in [6.45, 7) is 0. The lowest BCUT2D eigenvalue weighted by Crippen LogP contribution is -1.99. The molecule has 0 aromatic heterocycles. The fraction of sp³-hybridized carbons (Fsp3) is 0. The maximum absolute atomic E-state index is 11.2. The molecule has 2 aromatic carbocycles. The van der Waals surface area contributed by atoms with Crippen molar-refractivity contribution in [2.24, 2.45) is 0 Å². The zero-order valence-corrected chi connectivity index (χ0v) is 16.4. The molecule has 0 N–H and O–H groups in total. The van der Waals surface area contributed by atoms with E-state index in [0.29, 0.717) is 17.0 Å². The summed E-state index contributed by atoms with van der Waals surface area (Å²) in [5.74, 6) is 0.529. The largest absolute Gasteiger partial charge is 0.453 e. The Morgan fingerprint density at radius 1 is 0.667 bits per heavy atom. The molecule has 2 aliphatic carbocycles. The summed E-state index contributed by atoms with van der Waals surface area (Å²) in [6.07, 6.45) is 0. The van der Waals surface area contributed by atoms with Crippen molar-refractivity contribution in [3.63, 3.8) is 0 Å². The van der Waals surface area contributed by atoms with E-state index >= 15 is 0 Å². The molecule has 0 saturated heterocycles. The molecule has 0 saturated carbocycles. The predicted molar refractivity (Wildman–Crippen MR) is 119 cm³/mol. The molecule has 0 unspecified atom stereocenters. The molecule has 0 bridgehead atoms. The van der Waals surface area contributed by atoms with Gasteiger partial charge in [-0.3, -0.25) is 9.59 Å². The van der Waals surface area contributed by atoms with Gasteiger partial charge in [0, 0.05) is 12.1 Å². The predicted octanol–water partition coefficient (Wildman–Crippen LogP) is 5.05. The van der Waals surface area contributed by atoms with Crippen molar-refractivity contribution < 1.29 is 4.42 Å². The molecule has 0 amide bonds. The van der Waals surface area contributed by atoms with Crippen LogP contribution in [0.1, 0.15) is 0 Å². The number of hydrogen-bond acceptors (Lipinski definition) is 6. The zero-order valence-electron chi connectivity index (χ0n) is 15.6. The van der Waals surface area contributed by atoms with Crippen LogP contribution in [0.15, 0.2) is 98.9 Å². The average molecular weight is 410 g/mol. The van der Waals surface area contributed by atoms with Gasteiger partial charge in [-0.2, -0.15) is 0 Å². The first-order valence-electron chi connectivity index (χ1n) is 9.25. The molecule has 6 heteroatoms. The van der Waals surface area contributed by atoms with Crippen LogP contribution in [-0.4, -0.2) is 9.97 Å². The molecule has 30 heavy (non-hydrogen) atoms. The highest BCUT2D eigenvalue weighted by Crippen LogP contribution is 2.28. The summed E-state index contributed by atoms with van der Waals surface area (Å²) in [5, 5.41) is 0. The molecule has 2 aliphatic heterocycles. The highest BCUT2D eigenvalue weighted by molar-refractivity contribution is 7.21. The van der Waals surface area contributed by atoms with E-state index in [9.17, 15) is 9.59 Å². The topological polar surface area (TPSA) is 73.1 Å². The van der Waals surface area contributed by atoms with Crippen LogP contribution >= 0.6 is 11.3 Å². The summed E-state index contributed by atoms with van der Waals surface area (Å²) < 4.78 is 6.67. The molecule has 2 heterocycles. The van der Waals surface area contributed by atoms with E-state index in [4.69, 9.17) is 4.42 Å². The quantitative estimate of drug-likeness (QED) is 0.328. The molecule has 6 rings (SSSR count). The molecule has 0 atom stereocenters. The standard InChI is InChI=1S/C12H7NO2.C12H7NOS/c2*14-8-5-6-10-12(7-8)15-11-4-2-1-3-9(11)13-10/h2*1-7H. The summed E-state index contributed by atoms with van der Waals surface area (Å²) in [6, 6.07) is 25.0. The molecular formula is C24H14N2O3S. The van der Waals surface area contributed by atoms with E-state index in [1.54, 1.807) is 35.6 Å². The van der Waals surface area contributed by atoms with Crippen LogP contribution in [0.5, 0.6) is 0 Å². The van der Waals surface area contributed by atoms with Crippen molar-refractivity contribution in [1.29, 1.82) is 0 Å². The number of benzene rings is 4. The fourth-order valence-electron chi connectivity index (χ4n) is 3.11. The van der Waals surface area contributed by atoms with Crippen LogP contribution in [-0.2, 0) is 0 Å². The van der Waals surface area contributed by atoms with Crippen molar-refractivity contribution in [3.05, 3.63) is 105 Å². The number of para-hydroxylation sites is 3. The van der Waals surface area contributed by atoms with Gasteiger partial charge in [-0.25, -0.2) is 9.97 Å². The van der Waals surface area contributed by atoms with Crippen LogP contribution in [0.2, 0.25) is 0 Å². The van der Waals surface area contributed by atoms with Crippen molar-refractivity contribution in [3.8, 4) is 22.0 Å². The van der Waals surface area contributed by atoms with Crippen molar-refractivity contribution in [2.75, 3.05) is 0 Å². The minimum atomic E-state index is -0.0664. The second kappa shape index (κ2) is 7.50. The first-order valence-corrected chi connectivity index (χ1v) is 10.1. The van der Waals surface area contributed by atoms with Crippen molar-refractivity contribution in [1.82, 2.24) is 9.97 Å². The smallest absolute Gasteiger partial charge is 0.182 e. The highest BCUT2D eigenvalue weighted by atomic mass is 32.1. The Balaban J connectivity index is 0.000000128. The highest BCUT2D eigenvalue weighted by Gasteiger charge is 2.08. The Morgan fingerprint density at radius 2 is 1.33 bits per heavy atom. The van der Waals surface area contributed by atoms with Crippen LogP contribution in [0.4, 0.5) is 0 Å². The van der Waals surface area contributed by atoms with Gasteiger partial charge in [-0.15, -0.1) is 11.3 Å². The van der Waals surface area contributed by atoms with Gasteiger partial charge >= 0.3 is 0 Å². The second-order valence-electron chi connectivity index (χ2n) is 6.62. The third-order valence-electron chi connectivity index (χ3n) is 4.51. The van der Waals surface area contributed by atoms with E-state index < -0.39 is 0 Å². The number of aromatic nitrogens is 2. The summed E-state index contributed by atoms with van der Waals surface area (Å²) in [7, 11) is 0. The van der Waals surface area contributed by atoms with Crippen LogP contribution < -0.4 is 10.9 Å². The minimum absolute atomic E-state index is 0.0378. The third kappa shape index (κ3) is 3.56. The Morgan fingerprint density at radius 3 is 2.20 bits per heavy atom. The average Bonchev–Trinajstić information content (AvgIpc) is 2.76. The van der Waals surface area contributed by atoms with Crippen LogP contribution in [0, 0.1) is 0 Å². The number of hydrogen-bond donors (Lipinski definition) is 0. The van der Waals surface area contributed by atoms with Gasteiger partial charge in [-0.05, 0) is 48.5 Å². The van der Waals surface area contributed by atoms with Gasteiger partial charge < -0.3 is 4.42 Å². The molecule has 144 valence electrons. The van der Waals surface area contributed by atoms with E-state index in [1.165, 1.54) is 12.1 Å². The van der Waals surface area contributed by atoms with Gasteiger partial charge in [0.05, 0.1) is 20.8 Å². The van der Waals surface area contributed by atoms with Gasteiger partial charge in [0.15, 0.2) is 22.2 Å². The molecule has 2 aromatic rings. The normalized spacial score (nSPS) is 10.9. The molecule has 0 fully saturated rings. The van der Waals surface area contributed by atoms with Gasteiger partial charge in [-0.1, -0.05) is 24.3 Å². The molecule has 0 spiro atoms. The lowest BCUT2D eigenvalue weighted by Gasteiger charge is -2.04. The van der Waals surface area contributed by atoms with E-state index in [2.05, 4.69) is 9.97 Å². The second-order valence-corrected chi connectivity index (χ2v) is 7.71. The number of nitrogens with zero attached hydrogens (tertiary/aromatic N) is 2. The molecular weight excluding hydrogens is 396 g/mol. The third-order valence-corrected chi connectivity index (χ3v) is 5.63. The molecule has 0 radical (unpaired) electrons. The van der Waals surface area contributed by atoms with Gasteiger partial charge in [0.1, 0.15) is 11.2 Å². The number of fused-ring (bicyclic) bond motifs is 4. The van der Waals surface area contributed by atoms with Gasteiger partial charge in [0.25, 0.3) is 0 Å². The first-order chi connectivity index (χ1) is 14.7. The van der Waals surface area contributed by atoms with E-state index in [0.717, 1.165) is 26.3 Å². The summed E-state index contributed by atoms with van der Waals surface area (Å²) >= 11 is 1.60. The van der Waals surface area contributed by atoms with Crippen molar-refractivity contribution >= 4 is 32.7 Å². The lowest BCUT2D eigenvalue weighted by molar-refractivity contribution is 0.612. The van der Waals surface area contributed by atoms with E-state index in [1.807, 2.05) is 48.5 Å². The summed E-state index contributed by atoms with van der Waals surface area (Å²) in [5.41, 5.74) is 4.03. The van der Waals surface area contributed by atoms with Gasteiger partial charge in [0.2, 0.25) is 0 Å². The monoisotopic (exact) mass is 410 g/mol. The van der Waals surface area contributed by atoms with Crippen LogP contribution in [0.3, 0.4) is 0 Å². The minimum Gasteiger partial charge on any atom is -0.453 e.